The first-order valence-corrected chi connectivity index (χ1v) is 9.07. The first-order valence-electron chi connectivity index (χ1n) is 9.07. The topological polar surface area (TPSA) is 57.5 Å². The number of fused-ring (bicyclic) bond motifs is 3. The van der Waals surface area contributed by atoms with Gasteiger partial charge in [0.15, 0.2) is 0 Å². The molecule has 3 saturated carbocycles. The van der Waals surface area contributed by atoms with Crippen LogP contribution >= 0.6 is 0 Å². The van der Waals surface area contributed by atoms with Crippen molar-refractivity contribution in [1.82, 2.24) is 0 Å². The molecular formula is C20H28O3. The summed E-state index contributed by atoms with van der Waals surface area (Å²) in [6.07, 6.45) is 8.53. The lowest BCUT2D eigenvalue weighted by Gasteiger charge is -2.60. The van der Waals surface area contributed by atoms with E-state index in [1.165, 1.54) is 5.57 Å². The summed E-state index contributed by atoms with van der Waals surface area (Å²) in [5.41, 5.74) is 1.51. The largest absolute Gasteiger partial charge is 0.481 e. The molecule has 126 valence electrons. The van der Waals surface area contributed by atoms with Crippen LogP contribution in [0.15, 0.2) is 23.8 Å². The Labute approximate surface area is 138 Å². The van der Waals surface area contributed by atoms with Crippen molar-refractivity contribution < 1.29 is 15.0 Å². The third kappa shape index (κ3) is 1.67. The van der Waals surface area contributed by atoms with Crippen LogP contribution in [0.4, 0.5) is 0 Å². The second-order valence-electron chi connectivity index (χ2n) is 8.97. The van der Waals surface area contributed by atoms with Gasteiger partial charge in [0, 0.05) is 5.41 Å². The fourth-order valence-electron chi connectivity index (χ4n) is 6.88. The number of carboxylic acid groups (broad SMARTS) is 1. The van der Waals surface area contributed by atoms with Gasteiger partial charge in [0.2, 0.25) is 0 Å². The van der Waals surface area contributed by atoms with E-state index in [0.29, 0.717) is 5.92 Å². The number of carboxylic acids is 1. The van der Waals surface area contributed by atoms with Gasteiger partial charge in [0.25, 0.3) is 0 Å². The summed E-state index contributed by atoms with van der Waals surface area (Å²) in [5, 5.41) is 20.8. The van der Waals surface area contributed by atoms with Crippen molar-refractivity contribution in [1.29, 1.82) is 0 Å². The van der Waals surface area contributed by atoms with Crippen LogP contribution in [0, 0.1) is 28.1 Å². The van der Waals surface area contributed by atoms with E-state index < -0.39 is 17.5 Å². The van der Waals surface area contributed by atoms with Crippen LogP contribution in [0.25, 0.3) is 0 Å². The van der Waals surface area contributed by atoms with Crippen molar-refractivity contribution >= 4 is 5.97 Å². The normalized spacial score (nSPS) is 51.7. The van der Waals surface area contributed by atoms with Crippen LogP contribution in [-0.4, -0.2) is 22.3 Å². The summed E-state index contributed by atoms with van der Waals surface area (Å²) < 4.78 is 0. The van der Waals surface area contributed by atoms with Crippen molar-refractivity contribution in [3.05, 3.63) is 23.8 Å². The van der Waals surface area contributed by atoms with E-state index in [2.05, 4.69) is 19.6 Å². The molecule has 0 unspecified atom stereocenters. The van der Waals surface area contributed by atoms with Crippen LogP contribution in [0.2, 0.25) is 0 Å². The maximum absolute atomic E-state index is 12.0. The molecule has 3 heteroatoms. The van der Waals surface area contributed by atoms with Crippen molar-refractivity contribution in [3.63, 3.8) is 0 Å². The molecule has 0 aliphatic heterocycles. The Kier molecular flexibility index (Phi) is 3.02. The molecule has 23 heavy (non-hydrogen) atoms. The number of hydrogen-bond donors (Lipinski definition) is 2. The maximum Gasteiger partial charge on any atom is 0.309 e. The first kappa shape index (κ1) is 15.4. The molecule has 4 aliphatic rings. The maximum atomic E-state index is 12.0. The molecule has 0 heterocycles. The SMILES string of the molecule is C=C1[C@@H]2CC=C3[C@@](CC[C@@H]4[C@](C)(C(=O)O)CCC[C@@]34C)(C2)[C@H]1O. The fraction of sp³-hybridized carbons (Fsp3) is 0.750. The number of hydrogen-bond acceptors (Lipinski definition) is 2. The van der Waals surface area contributed by atoms with Gasteiger partial charge >= 0.3 is 5.97 Å². The highest BCUT2D eigenvalue weighted by Crippen LogP contribution is 2.70. The summed E-state index contributed by atoms with van der Waals surface area (Å²) in [7, 11) is 0. The smallest absolute Gasteiger partial charge is 0.309 e. The van der Waals surface area contributed by atoms with Gasteiger partial charge in [0.05, 0.1) is 11.5 Å². The zero-order valence-electron chi connectivity index (χ0n) is 14.3. The third-order valence-corrected chi connectivity index (χ3v) is 8.07. The molecule has 4 aliphatic carbocycles. The molecule has 0 aromatic heterocycles. The summed E-state index contributed by atoms with van der Waals surface area (Å²) in [5.74, 6) is -0.0471. The number of allylic oxidation sites excluding steroid dienone is 1. The molecule has 6 atom stereocenters. The van der Waals surface area contributed by atoms with Crippen molar-refractivity contribution in [2.45, 2.75) is 64.9 Å². The monoisotopic (exact) mass is 316 g/mol. The summed E-state index contributed by atoms with van der Waals surface area (Å²) in [6, 6.07) is 0. The molecule has 1 spiro atoms. The van der Waals surface area contributed by atoms with Crippen molar-refractivity contribution in [3.8, 4) is 0 Å². The van der Waals surface area contributed by atoms with E-state index in [0.717, 1.165) is 50.5 Å². The lowest BCUT2D eigenvalue weighted by Crippen LogP contribution is -2.56. The predicted molar refractivity (Wildman–Crippen MR) is 88.8 cm³/mol. The minimum absolute atomic E-state index is 0.0831. The Morgan fingerprint density at radius 2 is 2.04 bits per heavy atom. The van der Waals surface area contributed by atoms with Gasteiger partial charge in [-0.25, -0.2) is 0 Å². The molecule has 3 nitrogen and oxygen atoms in total. The van der Waals surface area contributed by atoms with Crippen LogP contribution < -0.4 is 0 Å². The average molecular weight is 316 g/mol. The van der Waals surface area contributed by atoms with Gasteiger partial charge in [-0.2, -0.15) is 0 Å². The van der Waals surface area contributed by atoms with E-state index in [1.54, 1.807) is 0 Å². The van der Waals surface area contributed by atoms with E-state index in [9.17, 15) is 15.0 Å². The van der Waals surface area contributed by atoms with E-state index >= 15 is 0 Å². The number of rotatable bonds is 1. The fourth-order valence-corrected chi connectivity index (χ4v) is 6.88. The Hall–Kier alpha value is -1.09. The number of aliphatic hydroxyl groups excluding tert-OH is 1. The number of carbonyl (C=O) groups is 1. The highest BCUT2D eigenvalue weighted by molar-refractivity contribution is 5.75. The second-order valence-corrected chi connectivity index (χ2v) is 8.97. The summed E-state index contributed by atoms with van der Waals surface area (Å²) in [4.78, 5) is 12.0. The molecule has 2 bridgehead atoms. The van der Waals surface area contributed by atoms with E-state index in [-0.39, 0.29) is 16.7 Å². The molecule has 0 saturated heterocycles. The lowest BCUT2D eigenvalue weighted by molar-refractivity contribution is -0.162. The zero-order valence-corrected chi connectivity index (χ0v) is 14.3. The van der Waals surface area contributed by atoms with Gasteiger partial charge in [-0.3, -0.25) is 4.79 Å². The van der Waals surface area contributed by atoms with Crippen molar-refractivity contribution in [2.75, 3.05) is 0 Å². The molecule has 2 N–H and O–H groups in total. The quantitative estimate of drug-likeness (QED) is 0.721. The summed E-state index contributed by atoms with van der Waals surface area (Å²) >= 11 is 0. The van der Waals surface area contributed by atoms with Gasteiger partial charge in [0.1, 0.15) is 0 Å². The van der Waals surface area contributed by atoms with Crippen LogP contribution in [0.5, 0.6) is 0 Å². The first-order chi connectivity index (χ1) is 10.8. The molecule has 4 rings (SSSR count). The molecule has 0 amide bonds. The van der Waals surface area contributed by atoms with E-state index in [1.807, 2.05) is 6.92 Å². The van der Waals surface area contributed by atoms with Crippen LogP contribution in [-0.2, 0) is 4.79 Å². The third-order valence-electron chi connectivity index (χ3n) is 8.07. The second kappa shape index (κ2) is 4.50. The van der Waals surface area contributed by atoms with Gasteiger partial charge in [-0.15, -0.1) is 0 Å². The molecular weight excluding hydrogens is 288 g/mol. The summed E-state index contributed by atoms with van der Waals surface area (Å²) in [6.45, 7) is 8.40. The molecule has 0 aromatic carbocycles. The Balaban J connectivity index is 1.82. The zero-order chi connectivity index (χ0) is 16.6. The average Bonchev–Trinajstić information content (AvgIpc) is 2.68. The van der Waals surface area contributed by atoms with Gasteiger partial charge in [-0.05, 0) is 68.3 Å². The minimum Gasteiger partial charge on any atom is -0.481 e. The Morgan fingerprint density at radius 3 is 2.74 bits per heavy atom. The Morgan fingerprint density at radius 1 is 1.30 bits per heavy atom. The highest BCUT2D eigenvalue weighted by atomic mass is 16.4. The number of aliphatic carboxylic acids is 1. The van der Waals surface area contributed by atoms with Crippen LogP contribution in [0.3, 0.4) is 0 Å². The van der Waals surface area contributed by atoms with Gasteiger partial charge < -0.3 is 10.2 Å². The molecule has 0 aromatic rings. The van der Waals surface area contributed by atoms with Gasteiger partial charge in [-0.1, -0.05) is 31.6 Å². The minimum atomic E-state index is -0.643. The standard InChI is InChI=1S/C20H28O3/c1-12-13-5-6-15-18(2)8-4-9-19(3,17(22)23)14(18)7-10-20(15,11-13)16(12)21/h6,13-14,16,21H,1,4-5,7-11H2,2-3H3,(H,22,23)/t13-,14+,16+,18-,19-,20-/m1/s1. The van der Waals surface area contributed by atoms with Crippen LogP contribution in [0.1, 0.15) is 58.8 Å². The van der Waals surface area contributed by atoms with Crippen molar-refractivity contribution in [2.24, 2.45) is 28.1 Å². The molecule has 3 fully saturated rings. The highest BCUT2D eigenvalue weighted by Gasteiger charge is 2.65. The molecule has 0 radical (unpaired) electrons. The lowest BCUT2D eigenvalue weighted by atomic mass is 9.43. The Bertz CT molecular complexity index is 620. The number of aliphatic hydroxyl groups is 1. The predicted octanol–water partition coefficient (Wildman–Crippen LogP) is 3.93. The van der Waals surface area contributed by atoms with E-state index in [4.69, 9.17) is 0 Å².